The lowest BCUT2D eigenvalue weighted by molar-refractivity contribution is -0.202. The third-order valence-electron chi connectivity index (χ3n) is 1.17. The Kier molecular flexibility index (Phi) is 4.76. The Morgan fingerprint density at radius 3 is 2.27 bits per heavy atom. The number of hydrogen-bond acceptors (Lipinski definition) is 4. The van der Waals surface area contributed by atoms with Gasteiger partial charge in [0.2, 0.25) is 0 Å². The summed E-state index contributed by atoms with van der Waals surface area (Å²) < 4.78 is 55.4. The molecule has 0 spiro atoms. The first-order valence-electron chi connectivity index (χ1n) is 3.82. The van der Waals surface area contributed by atoms with Gasteiger partial charge in [-0.25, -0.2) is 0 Å². The molecule has 0 aromatic heterocycles. The zero-order valence-corrected chi connectivity index (χ0v) is 8.84. The Bertz CT molecular complexity index is 276. The lowest BCUT2D eigenvalue weighted by Gasteiger charge is -2.23. The zero-order valence-electron chi connectivity index (χ0n) is 7.95. The maximum Gasteiger partial charge on any atom is 0.437 e. The molecular formula is C6H10F3O5P. The van der Waals surface area contributed by atoms with Gasteiger partial charge in [0.05, 0.1) is 6.61 Å². The first kappa shape index (κ1) is 14.4. The van der Waals surface area contributed by atoms with E-state index in [-0.39, 0.29) is 0 Å². The van der Waals surface area contributed by atoms with E-state index in [9.17, 15) is 22.5 Å². The Hall–Kier alpha value is -0.590. The molecule has 2 atom stereocenters. The van der Waals surface area contributed by atoms with Crippen molar-refractivity contribution in [2.75, 3.05) is 6.61 Å². The van der Waals surface area contributed by atoms with Gasteiger partial charge in [-0.1, -0.05) is 0 Å². The van der Waals surface area contributed by atoms with Gasteiger partial charge < -0.3 is 14.2 Å². The molecule has 0 aromatic rings. The van der Waals surface area contributed by atoms with Crippen LogP contribution in [-0.2, 0) is 18.6 Å². The SMILES string of the molecule is CCOP(=O)(O)C(OC(C)=O)C(F)(F)F. The highest BCUT2D eigenvalue weighted by Crippen LogP contribution is 2.54. The highest BCUT2D eigenvalue weighted by molar-refractivity contribution is 7.53. The van der Waals surface area contributed by atoms with E-state index in [2.05, 4.69) is 9.26 Å². The molecule has 0 aromatic carbocycles. The van der Waals surface area contributed by atoms with Gasteiger partial charge in [0, 0.05) is 6.92 Å². The van der Waals surface area contributed by atoms with Gasteiger partial charge in [0.1, 0.15) is 0 Å². The van der Waals surface area contributed by atoms with E-state index in [1.54, 1.807) is 0 Å². The predicted octanol–water partition coefficient (Wildman–Crippen LogP) is 1.66. The number of carbonyl (C=O) groups excluding carboxylic acids is 1. The second-order valence-corrected chi connectivity index (χ2v) is 4.34. The quantitative estimate of drug-likeness (QED) is 0.606. The number of esters is 1. The van der Waals surface area contributed by atoms with Crippen LogP contribution in [-0.4, -0.2) is 29.5 Å². The van der Waals surface area contributed by atoms with Crippen LogP contribution < -0.4 is 0 Å². The summed E-state index contributed by atoms with van der Waals surface area (Å²) in [5, 5.41) is 0. The highest BCUT2D eigenvalue weighted by Gasteiger charge is 2.55. The lowest BCUT2D eigenvalue weighted by Crippen LogP contribution is -2.33. The fraction of sp³-hybridized carbons (Fsp3) is 0.833. The normalized spacial score (nSPS) is 18.0. The van der Waals surface area contributed by atoms with Crippen LogP contribution in [0, 0.1) is 0 Å². The van der Waals surface area contributed by atoms with Crippen LogP contribution in [0.25, 0.3) is 0 Å². The van der Waals surface area contributed by atoms with Crippen molar-refractivity contribution in [3.05, 3.63) is 0 Å². The number of rotatable bonds is 4. The smallest absolute Gasteiger partial charge is 0.437 e. The van der Waals surface area contributed by atoms with E-state index < -0.39 is 32.2 Å². The molecule has 90 valence electrons. The molecule has 0 heterocycles. The Morgan fingerprint density at radius 2 is 2.00 bits per heavy atom. The molecule has 5 nitrogen and oxygen atoms in total. The standard InChI is InChI=1S/C6H10F3O5P/c1-3-13-15(11,12)5(6(7,8)9)14-4(2)10/h5H,3H2,1-2H3,(H,11,12). The van der Waals surface area contributed by atoms with Crippen LogP contribution in [0.5, 0.6) is 0 Å². The summed E-state index contributed by atoms with van der Waals surface area (Å²) in [4.78, 5) is 19.2. The van der Waals surface area contributed by atoms with Gasteiger partial charge in [-0.3, -0.25) is 9.36 Å². The molecule has 2 unspecified atom stereocenters. The highest BCUT2D eigenvalue weighted by atomic mass is 31.2. The van der Waals surface area contributed by atoms with Crippen molar-refractivity contribution in [1.82, 2.24) is 0 Å². The van der Waals surface area contributed by atoms with E-state index in [1.165, 1.54) is 6.92 Å². The van der Waals surface area contributed by atoms with Crippen LogP contribution in [0.15, 0.2) is 0 Å². The molecule has 0 aliphatic carbocycles. The largest absolute Gasteiger partial charge is 0.440 e. The number of carbonyl (C=O) groups is 1. The van der Waals surface area contributed by atoms with Crippen molar-refractivity contribution < 1.29 is 36.7 Å². The first-order valence-corrected chi connectivity index (χ1v) is 5.47. The average Bonchev–Trinajstić information content (AvgIpc) is 1.97. The van der Waals surface area contributed by atoms with Crippen LogP contribution >= 0.6 is 7.60 Å². The molecule has 0 fully saturated rings. The summed E-state index contributed by atoms with van der Waals surface area (Å²) in [5.41, 5.74) is 0. The summed E-state index contributed by atoms with van der Waals surface area (Å²) in [6.07, 6.45) is -5.15. The van der Waals surface area contributed by atoms with Crippen molar-refractivity contribution in [3.8, 4) is 0 Å². The molecular weight excluding hydrogens is 240 g/mol. The van der Waals surface area contributed by atoms with Crippen LogP contribution in [0.1, 0.15) is 13.8 Å². The van der Waals surface area contributed by atoms with E-state index in [0.717, 1.165) is 0 Å². The molecule has 0 aliphatic rings. The number of alkyl halides is 3. The van der Waals surface area contributed by atoms with Gasteiger partial charge >= 0.3 is 19.7 Å². The summed E-state index contributed by atoms with van der Waals surface area (Å²) in [6, 6.07) is 0. The molecule has 0 radical (unpaired) electrons. The van der Waals surface area contributed by atoms with E-state index in [0.29, 0.717) is 6.92 Å². The average molecular weight is 250 g/mol. The third-order valence-corrected chi connectivity index (χ3v) is 2.79. The first-order chi connectivity index (χ1) is 6.61. The maximum absolute atomic E-state index is 12.2. The summed E-state index contributed by atoms with van der Waals surface area (Å²) >= 11 is 0. The third kappa shape index (κ3) is 4.63. The van der Waals surface area contributed by atoms with Crippen LogP contribution in [0.4, 0.5) is 13.2 Å². The Labute approximate surface area is 83.7 Å². The summed E-state index contributed by atoms with van der Waals surface area (Å²) in [7, 11) is -5.05. The van der Waals surface area contributed by atoms with Gasteiger partial charge in [0.25, 0.3) is 5.85 Å². The van der Waals surface area contributed by atoms with E-state index >= 15 is 0 Å². The predicted molar refractivity (Wildman–Crippen MR) is 43.1 cm³/mol. The minimum absolute atomic E-state index is 0.401. The molecule has 1 N–H and O–H groups in total. The number of hydrogen-bond donors (Lipinski definition) is 1. The fourth-order valence-electron chi connectivity index (χ4n) is 0.728. The lowest BCUT2D eigenvalue weighted by atomic mass is 10.7. The van der Waals surface area contributed by atoms with Crippen molar-refractivity contribution in [2.45, 2.75) is 25.9 Å². The molecule has 9 heteroatoms. The maximum atomic E-state index is 12.2. The van der Waals surface area contributed by atoms with E-state index in [4.69, 9.17) is 4.89 Å². The minimum atomic E-state index is -5.15. The second kappa shape index (κ2) is 4.96. The minimum Gasteiger partial charge on any atom is -0.440 e. The monoisotopic (exact) mass is 250 g/mol. The van der Waals surface area contributed by atoms with Gasteiger partial charge in [-0.2, -0.15) is 13.2 Å². The van der Waals surface area contributed by atoms with Crippen LogP contribution in [0.2, 0.25) is 0 Å². The van der Waals surface area contributed by atoms with Crippen molar-refractivity contribution >= 4 is 13.6 Å². The number of ether oxygens (including phenoxy) is 1. The second-order valence-electron chi connectivity index (χ2n) is 2.49. The Morgan fingerprint density at radius 1 is 1.53 bits per heavy atom. The van der Waals surface area contributed by atoms with Crippen molar-refractivity contribution in [3.63, 3.8) is 0 Å². The fourth-order valence-corrected chi connectivity index (χ4v) is 1.89. The Balaban J connectivity index is 4.94. The molecule has 0 saturated heterocycles. The molecule has 0 amide bonds. The van der Waals surface area contributed by atoms with Gasteiger partial charge in [-0.15, -0.1) is 0 Å². The summed E-state index contributed by atoms with van der Waals surface area (Å²) in [5.74, 6) is -4.45. The van der Waals surface area contributed by atoms with Crippen LogP contribution in [0.3, 0.4) is 0 Å². The topological polar surface area (TPSA) is 72.8 Å². The molecule has 0 aliphatic heterocycles. The zero-order chi connectivity index (χ0) is 12.3. The van der Waals surface area contributed by atoms with E-state index in [1.807, 2.05) is 0 Å². The van der Waals surface area contributed by atoms with Crippen molar-refractivity contribution in [1.29, 1.82) is 0 Å². The molecule has 15 heavy (non-hydrogen) atoms. The summed E-state index contributed by atoms with van der Waals surface area (Å²) in [6.45, 7) is 1.54. The molecule has 0 bridgehead atoms. The molecule has 0 rings (SSSR count). The van der Waals surface area contributed by atoms with Gasteiger partial charge in [-0.05, 0) is 6.92 Å². The number of halogens is 3. The molecule has 0 saturated carbocycles. The van der Waals surface area contributed by atoms with Crippen molar-refractivity contribution in [2.24, 2.45) is 0 Å². The van der Waals surface area contributed by atoms with Gasteiger partial charge in [0.15, 0.2) is 0 Å².